The highest BCUT2D eigenvalue weighted by Gasteiger charge is 2.31. The van der Waals surface area contributed by atoms with E-state index in [2.05, 4.69) is 39.3 Å². The Morgan fingerprint density at radius 1 is 1.12 bits per heavy atom. The molecular formula is C24H25N5O3. The summed E-state index contributed by atoms with van der Waals surface area (Å²) in [5.74, 6) is 1.98. The second-order valence-corrected chi connectivity index (χ2v) is 8.30. The number of amides is 1. The highest BCUT2D eigenvalue weighted by Crippen LogP contribution is 2.42. The van der Waals surface area contributed by atoms with Gasteiger partial charge in [0.05, 0.1) is 37.0 Å². The number of nitrogens with zero attached hydrogens (tertiary/aromatic N) is 2. The fourth-order valence-corrected chi connectivity index (χ4v) is 4.31. The molecule has 164 valence electrons. The summed E-state index contributed by atoms with van der Waals surface area (Å²) in [6.45, 7) is 4.12. The van der Waals surface area contributed by atoms with Crippen LogP contribution >= 0.6 is 0 Å². The van der Waals surface area contributed by atoms with Gasteiger partial charge in [0.15, 0.2) is 11.5 Å². The summed E-state index contributed by atoms with van der Waals surface area (Å²) in [4.78, 5) is 21.3. The Bertz CT molecular complexity index is 1290. The number of aromatic nitrogens is 4. The Labute approximate surface area is 185 Å². The third-order valence-corrected chi connectivity index (χ3v) is 5.98. The van der Waals surface area contributed by atoms with E-state index in [4.69, 9.17) is 9.47 Å². The normalized spacial score (nSPS) is 13.2. The minimum Gasteiger partial charge on any atom is -0.493 e. The number of rotatable bonds is 6. The zero-order valence-electron chi connectivity index (χ0n) is 18.4. The number of imidazole rings is 1. The number of hydrogen-bond acceptors (Lipinski definition) is 5. The summed E-state index contributed by atoms with van der Waals surface area (Å²) in [5.41, 5.74) is 5.95. The fourth-order valence-electron chi connectivity index (χ4n) is 4.31. The van der Waals surface area contributed by atoms with Gasteiger partial charge in [-0.2, -0.15) is 5.10 Å². The Hall–Kier alpha value is -3.81. The van der Waals surface area contributed by atoms with Gasteiger partial charge in [-0.3, -0.25) is 9.89 Å². The van der Waals surface area contributed by atoms with E-state index < -0.39 is 0 Å². The first-order valence-electron chi connectivity index (χ1n) is 10.6. The number of nitrogens with one attached hydrogen (secondary N) is 3. The summed E-state index contributed by atoms with van der Waals surface area (Å²) < 4.78 is 10.9. The summed E-state index contributed by atoms with van der Waals surface area (Å²) in [7, 11) is 3.22. The van der Waals surface area contributed by atoms with Gasteiger partial charge in [-0.15, -0.1) is 0 Å². The van der Waals surface area contributed by atoms with Crippen LogP contribution < -0.4 is 14.8 Å². The SMILES string of the molecule is COc1cc2c(cc1OC)-c1n[nH]c(C(=O)N[C@H](c3nc4ccccc4[nH]3)C(C)C)c1C2. The molecule has 1 amide bonds. The highest BCUT2D eigenvalue weighted by molar-refractivity contribution is 5.97. The van der Waals surface area contributed by atoms with E-state index in [-0.39, 0.29) is 17.9 Å². The minimum absolute atomic E-state index is 0.140. The van der Waals surface area contributed by atoms with Crippen molar-refractivity contribution in [2.24, 2.45) is 5.92 Å². The number of carbonyl (C=O) groups excluding carboxylic acids is 1. The van der Waals surface area contributed by atoms with Crippen LogP contribution in [-0.4, -0.2) is 40.3 Å². The highest BCUT2D eigenvalue weighted by atomic mass is 16.5. The molecule has 2 heterocycles. The van der Waals surface area contributed by atoms with E-state index in [0.717, 1.165) is 39.2 Å². The zero-order chi connectivity index (χ0) is 22.4. The quantitative estimate of drug-likeness (QED) is 0.377. The number of fused-ring (bicyclic) bond motifs is 4. The second-order valence-electron chi connectivity index (χ2n) is 8.30. The van der Waals surface area contributed by atoms with E-state index in [1.807, 2.05) is 36.4 Å². The Morgan fingerprint density at radius 2 is 1.88 bits per heavy atom. The lowest BCUT2D eigenvalue weighted by Gasteiger charge is -2.20. The maximum absolute atomic E-state index is 13.3. The molecule has 5 rings (SSSR count). The summed E-state index contributed by atoms with van der Waals surface area (Å²) in [6, 6.07) is 11.4. The van der Waals surface area contributed by atoms with Crippen LogP contribution in [0.1, 0.15) is 47.3 Å². The third-order valence-electron chi connectivity index (χ3n) is 5.98. The number of para-hydroxylation sites is 2. The standard InChI is InChI=1S/C24H25N5O3/c1-12(2)20(23-25-16-7-5-6-8-17(16)26-23)27-24(30)22-15-9-13-10-18(31-3)19(32-4)11-14(13)21(15)28-29-22/h5-8,10-12,20H,9H2,1-4H3,(H,25,26)(H,27,30)(H,28,29)/t20-/m0/s1. The molecule has 0 radical (unpaired) electrons. The van der Waals surface area contributed by atoms with E-state index in [1.54, 1.807) is 14.2 Å². The summed E-state index contributed by atoms with van der Waals surface area (Å²) in [5, 5.41) is 10.5. The van der Waals surface area contributed by atoms with Crippen molar-refractivity contribution in [3.8, 4) is 22.8 Å². The van der Waals surface area contributed by atoms with Crippen molar-refractivity contribution in [2.75, 3.05) is 14.2 Å². The van der Waals surface area contributed by atoms with Gasteiger partial charge >= 0.3 is 0 Å². The second kappa shape index (κ2) is 7.71. The molecule has 8 nitrogen and oxygen atoms in total. The Morgan fingerprint density at radius 3 is 2.59 bits per heavy atom. The van der Waals surface area contributed by atoms with E-state index in [1.165, 1.54) is 0 Å². The van der Waals surface area contributed by atoms with Crippen LogP contribution in [0.25, 0.3) is 22.3 Å². The average molecular weight is 431 g/mol. The van der Waals surface area contributed by atoms with Gasteiger partial charge in [-0.25, -0.2) is 4.98 Å². The van der Waals surface area contributed by atoms with Gasteiger partial charge in [0.1, 0.15) is 11.5 Å². The summed E-state index contributed by atoms with van der Waals surface area (Å²) in [6.07, 6.45) is 0.598. The van der Waals surface area contributed by atoms with Crippen molar-refractivity contribution in [1.29, 1.82) is 0 Å². The molecule has 1 aliphatic rings. The molecule has 0 fully saturated rings. The molecule has 0 saturated carbocycles. The third kappa shape index (κ3) is 3.19. The topological polar surface area (TPSA) is 105 Å². The van der Waals surface area contributed by atoms with Crippen LogP contribution in [-0.2, 0) is 6.42 Å². The molecule has 8 heteroatoms. The van der Waals surface area contributed by atoms with E-state index >= 15 is 0 Å². The lowest BCUT2D eigenvalue weighted by atomic mass is 10.0. The van der Waals surface area contributed by atoms with Gasteiger partial charge < -0.3 is 19.8 Å². The monoisotopic (exact) mass is 431 g/mol. The lowest BCUT2D eigenvalue weighted by molar-refractivity contribution is 0.0917. The van der Waals surface area contributed by atoms with Crippen LogP contribution in [0.4, 0.5) is 0 Å². The van der Waals surface area contributed by atoms with Gasteiger partial charge in [0, 0.05) is 17.5 Å². The molecule has 4 aromatic rings. The van der Waals surface area contributed by atoms with Crippen molar-refractivity contribution in [2.45, 2.75) is 26.3 Å². The predicted molar refractivity (Wildman–Crippen MR) is 121 cm³/mol. The molecule has 0 spiro atoms. The molecular weight excluding hydrogens is 406 g/mol. The van der Waals surface area contributed by atoms with E-state index in [9.17, 15) is 4.79 Å². The van der Waals surface area contributed by atoms with Crippen molar-refractivity contribution in [3.63, 3.8) is 0 Å². The fraction of sp³-hybridized carbons (Fsp3) is 0.292. The van der Waals surface area contributed by atoms with Crippen molar-refractivity contribution < 1.29 is 14.3 Å². The average Bonchev–Trinajstić information content (AvgIpc) is 3.48. The van der Waals surface area contributed by atoms with Crippen LogP contribution in [0.2, 0.25) is 0 Å². The Balaban J connectivity index is 1.45. The zero-order valence-corrected chi connectivity index (χ0v) is 18.4. The van der Waals surface area contributed by atoms with Crippen LogP contribution in [0.3, 0.4) is 0 Å². The van der Waals surface area contributed by atoms with Crippen LogP contribution in [0, 0.1) is 5.92 Å². The minimum atomic E-state index is -0.266. The number of aromatic amines is 2. The number of H-pyrrole nitrogens is 2. The van der Waals surface area contributed by atoms with Crippen molar-refractivity contribution >= 4 is 16.9 Å². The first kappa shape index (κ1) is 20.1. The molecule has 32 heavy (non-hydrogen) atoms. The molecule has 0 saturated heterocycles. The summed E-state index contributed by atoms with van der Waals surface area (Å²) >= 11 is 0. The smallest absolute Gasteiger partial charge is 0.270 e. The van der Waals surface area contributed by atoms with Gasteiger partial charge in [-0.05, 0) is 35.7 Å². The van der Waals surface area contributed by atoms with Crippen LogP contribution in [0.15, 0.2) is 36.4 Å². The van der Waals surface area contributed by atoms with Crippen LogP contribution in [0.5, 0.6) is 11.5 Å². The number of ether oxygens (including phenoxy) is 2. The Kier molecular flexibility index (Phi) is 4.84. The molecule has 0 unspecified atom stereocenters. The van der Waals surface area contributed by atoms with Gasteiger partial charge in [-0.1, -0.05) is 26.0 Å². The lowest BCUT2D eigenvalue weighted by Crippen LogP contribution is -2.33. The number of methoxy groups -OCH3 is 2. The largest absolute Gasteiger partial charge is 0.493 e. The molecule has 2 aromatic heterocycles. The van der Waals surface area contributed by atoms with Gasteiger partial charge in [0.25, 0.3) is 5.91 Å². The van der Waals surface area contributed by atoms with Gasteiger partial charge in [0.2, 0.25) is 0 Å². The number of hydrogen-bond donors (Lipinski definition) is 3. The number of carbonyl (C=O) groups is 1. The molecule has 3 N–H and O–H groups in total. The van der Waals surface area contributed by atoms with E-state index in [0.29, 0.717) is 23.6 Å². The molecule has 0 aliphatic heterocycles. The first-order valence-corrected chi connectivity index (χ1v) is 10.6. The maximum Gasteiger partial charge on any atom is 0.270 e. The predicted octanol–water partition coefficient (Wildman–Crippen LogP) is 4.00. The molecule has 2 aromatic carbocycles. The van der Waals surface area contributed by atoms with Crippen molar-refractivity contribution in [1.82, 2.24) is 25.5 Å². The maximum atomic E-state index is 13.3. The molecule has 1 atom stereocenters. The van der Waals surface area contributed by atoms with Crippen molar-refractivity contribution in [3.05, 3.63) is 59.0 Å². The number of benzene rings is 2. The molecule has 1 aliphatic carbocycles. The molecule has 0 bridgehead atoms. The first-order chi connectivity index (χ1) is 15.5.